The number of aryl methyl sites for hydroxylation is 3. The number of pyridine rings is 6. The number of ether oxygens (including phenoxy) is 1. The van der Waals surface area contributed by atoms with Crippen molar-refractivity contribution in [3.63, 3.8) is 0 Å². The van der Waals surface area contributed by atoms with Crippen molar-refractivity contribution < 1.29 is 27.3 Å². The highest BCUT2D eigenvalue weighted by atomic mass is 35.5. The molecule has 25 heteroatoms. The van der Waals surface area contributed by atoms with E-state index in [0.29, 0.717) is 71.5 Å². The van der Waals surface area contributed by atoms with E-state index in [4.69, 9.17) is 126 Å². The van der Waals surface area contributed by atoms with Gasteiger partial charge in [-0.25, -0.2) is 38.3 Å². The molecule has 67 heavy (non-hydrogen) atoms. The summed E-state index contributed by atoms with van der Waals surface area (Å²) in [6, 6.07) is 20.4. The van der Waals surface area contributed by atoms with Crippen LogP contribution in [-0.2, 0) is 51.1 Å². The minimum absolute atomic E-state index is 0.0725. The Balaban J connectivity index is 0.000000213. The van der Waals surface area contributed by atoms with Crippen molar-refractivity contribution in [3.05, 3.63) is 164 Å². The minimum atomic E-state index is -3.12. The number of carbonyl (C=O) groups is 1. The van der Waals surface area contributed by atoms with Gasteiger partial charge in [0.1, 0.15) is 56.6 Å². The molecule has 0 radical (unpaired) electrons. The molecule has 358 valence electrons. The van der Waals surface area contributed by atoms with Crippen LogP contribution >= 0.6 is 129 Å². The summed E-state index contributed by atoms with van der Waals surface area (Å²) in [4.78, 5) is 33.2. The Morgan fingerprint density at radius 1 is 0.627 bits per heavy atom. The third kappa shape index (κ3) is 20.4. The first-order chi connectivity index (χ1) is 31.8. The third-order valence-electron chi connectivity index (χ3n) is 8.26. The van der Waals surface area contributed by atoms with Crippen LogP contribution < -0.4 is 0 Å². The van der Waals surface area contributed by atoms with Gasteiger partial charge in [-0.3, -0.25) is 9.00 Å². The average molecular weight is 1170 g/mol. The molecule has 2 aliphatic heterocycles. The molecule has 1 atom stereocenters. The van der Waals surface area contributed by atoms with Crippen molar-refractivity contribution in [3.8, 4) is 0 Å². The van der Waals surface area contributed by atoms with E-state index in [1.54, 1.807) is 61.7 Å². The summed E-state index contributed by atoms with van der Waals surface area (Å²) in [5.41, 5.74) is 4.80. The van der Waals surface area contributed by atoms with Crippen molar-refractivity contribution in [1.29, 1.82) is 0 Å². The Kier molecular flexibility index (Phi) is 26.5. The van der Waals surface area contributed by atoms with Crippen LogP contribution in [-0.4, -0.2) is 84.9 Å². The lowest BCUT2D eigenvalue weighted by atomic mass is 10.2. The molecule has 0 fully saturated rings. The monoisotopic (exact) mass is 1170 g/mol. The Morgan fingerprint density at radius 2 is 1.09 bits per heavy atom. The van der Waals surface area contributed by atoms with Crippen LogP contribution in [0.25, 0.3) is 6.08 Å². The molecule has 0 amide bonds. The van der Waals surface area contributed by atoms with E-state index in [1.165, 1.54) is 18.4 Å². The van der Waals surface area contributed by atoms with Crippen LogP contribution in [0.4, 0.5) is 0 Å². The molecule has 6 aromatic rings. The molecule has 0 spiro atoms. The molecule has 0 saturated heterocycles. The fourth-order valence-corrected chi connectivity index (χ4v) is 10.1. The van der Waals surface area contributed by atoms with Gasteiger partial charge in [-0.15, -0.1) is 0 Å². The van der Waals surface area contributed by atoms with Crippen molar-refractivity contribution in [2.24, 2.45) is 0 Å². The molecule has 1 N–H and O–H groups in total. The van der Waals surface area contributed by atoms with Crippen LogP contribution in [0, 0.1) is 0 Å². The summed E-state index contributed by atoms with van der Waals surface area (Å²) in [6.45, 7) is 0.0725. The number of aliphatic hydroxyl groups excluding tert-OH is 1. The van der Waals surface area contributed by atoms with E-state index >= 15 is 0 Å². The Morgan fingerprint density at radius 3 is 1.58 bits per heavy atom. The molecule has 8 heterocycles. The van der Waals surface area contributed by atoms with Gasteiger partial charge in [0.15, 0.2) is 21.1 Å². The van der Waals surface area contributed by atoms with Crippen molar-refractivity contribution in [1.82, 2.24) is 29.9 Å². The number of nitrogens with zero attached hydrogens (tertiary/aromatic N) is 6. The summed E-state index contributed by atoms with van der Waals surface area (Å²) in [5.74, 6) is 1.63. The number of sulfone groups is 1. The first kappa shape index (κ1) is 58.7. The largest absolute Gasteiger partial charge is 0.504 e. The molecule has 6 aromatic heterocycles. The molecule has 0 bridgehead atoms. The number of carbonyl (C=O) groups excluding carboxylic acids is 1. The zero-order valence-corrected chi connectivity index (χ0v) is 44.6. The highest BCUT2D eigenvalue weighted by Crippen LogP contribution is 2.26. The lowest BCUT2D eigenvalue weighted by Crippen LogP contribution is -2.00. The predicted octanol–water partition coefficient (Wildman–Crippen LogP) is 12.5. The number of aldehydes is 1. The molecular formula is C42H36Cl10N6O6S3. The Labute approximate surface area is 445 Å². The number of thiol groups is 1. The maximum Gasteiger partial charge on any atom is 0.196 e. The van der Waals surface area contributed by atoms with E-state index in [2.05, 4.69) is 42.5 Å². The molecule has 0 aliphatic carbocycles. The minimum Gasteiger partial charge on any atom is -0.504 e. The maximum absolute atomic E-state index is 11.3. The van der Waals surface area contributed by atoms with Crippen LogP contribution in [0.2, 0.25) is 51.5 Å². The average Bonchev–Trinajstić information content (AvgIpc) is 3.80. The Bertz CT molecular complexity index is 2730. The highest BCUT2D eigenvalue weighted by Gasteiger charge is 2.27. The molecule has 2 aliphatic rings. The van der Waals surface area contributed by atoms with Gasteiger partial charge < -0.3 is 9.84 Å². The van der Waals surface area contributed by atoms with E-state index < -0.39 is 20.6 Å². The molecule has 1 unspecified atom stereocenters. The quantitative estimate of drug-likeness (QED) is 0.0671. The number of fused-ring (bicyclic) bond motifs is 2. The van der Waals surface area contributed by atoms with Crippen LogP contribution in [0.5, 0.6) is 0 Å². The van der Waals surface area contributed by atoms with Crippen LogP contribution in [0.15, 0.2) is 89.1 Å². The SMILES string of the molecule is COC=Cc1ccc(Cl)nc1Cl.O=Cc1ccc(Cl)nc1Cl.O=S1(=O)CCc2ccc(Cl)nc21.O=S1CCc2ccc(Cl)nc21.OCCc1ccc(Cl)nc1Cl.SCCc1ccc(Cl)nc1Cl. The van der Waals surface area contributed by atoms with Crippen LogP contribution in [0.1, 0.15) is 38.2 Å². The summed E-state index contributed by atoms with van der Waals surface area (Å²) in [5, 5.41) is 12.9. The lowest BCUT2D eigenvalue weighted by molar-refractivity contribution is 0.112. The van der Waals surface area contributed by atoms with Crippen molar-refractivity contribution >= 4 is 162 Å². The fraction of sp³-hybridized carbons (Fsp3) is 0.214. The first-order valence-electron chi connectivity index (χ1n) is 18.9. The van der Waals surface area contributed by atoms with Gasteiger partial charge in [0.2, 0.25) is 0 Å². The van der Waals surface area contributed by atoms with Gasteiger partial charge in [-0.1, -0.05) is 140 Å². The van der Waals surface area contributed by atoms with Crippen molar-refractivity contribution in [2.75, 3.05) is 31.0 Å². The third-order valence-corrected chi connectivity index (χ3v) is 14.1. The van der Waals surface area contributed by atoms with Gasteiger partial charge in [0.05, 0.1) is 35.5 Å². The fourth-order valence-electron chi connectivity index (χ4n) is 5.08. The van der Waals surface area contributed by atoms with E-state index in [9.17, 15) is 17.4 Å². The number of halogens is 10. The smallest absolute Gasteiger partial charge is 0.196 e. The summed E-state index contributed by atoms with van der Waals surface area (Å²) < 4.78 is 38.5. The highest BCUT2D eigenvalue weighted by molar-refractivity contribution is 7.91. The molecule has 0 aromatic carbocycles. The summed E-state index contributed by atoms with van der Waals surface area (Å²) in [6.07, 6.45) is 6.64. The zero-order chi connectivity index (χ0) is 49.7. The normalized spacial score (nSPS) is 13.6. The first-order valence-corrected chi connectivity index (χ1v) is 26.2. The van der Waals surface area contributed by atoms with Gasteiger partial charge in [-0.05, 0) is 108 Å². The Hall–Kier alpha value is -2.58. The number of hydrogen-bond donors (Lipinski definition) is 2. The molecule has 0 saturated carbocycles. The van der Waals surface area contributed by atoms with Gasteiger partial charge in [0, 0.05) is 17.9 Å². The van der Waals surface area contributed by atoms with E-state index in [0.717, 1.165) is 46.4 Å². The number of methoxy groups -OCH3 is 1. The number of rotatable bonds is 7. The number of hydrogen-bond acceptors (Lipinski definition) is 13. The van der Waals surface area contributed by atoms with Gasteiger partial charge >= 0.3 is 0 Å². The second-order valence-electron chi connectivity index (χ2n) is 12.9. The number of aliphatic hydroxyl groups is 1. The summed E-state index contributed by atoms with van der Waals surface area (Å²) >= 11 is 60.3. The van der Waals surface area contributed by atoms with E-state index in [1.807, 2.05) is 12.1 Å². The summed E-state index contributed by atoms with van der Waals surface area (Å²) in [7, 11) is -2.46. The predicted molar refractivity (Wildman–Crippen MR) is 276 cm³/mol. The van der Waals surface area contributed by atoms with Gasteiger partial charge in [0.25, 0.3) is 0 Å². The maximum atomic E-state index is 11.3. The second kappa shape index (κ2) is 30.2. The van der Waals surface area contributed by atoms with Crippen molar-refractivity contribution in [2.45, 2.75) is 35.7 Å². The standard InChI is InChI=1S/C8H7Cl2NO.C7H7Cl2NO.C7H7Cl2NS.C7H6ClNO2S.C7H6ClNOS.C6H3Cl2NO/c1-12-5-4-6-2-3-7(9)11-8(6)10;2*8-6-2-1-5(3-4-11)7(9)10-6;8-6-2-1-5-3-4-12(10,11)7(5)9-6;8-6-2-1-5-3-4-11(10)7(5)9-6;7-5-2-1-4(3-10)6(8)9-5/h2-5H,1H3;2*1-2,11H,3-4H2;1-2H,3-4H2;1-2H,3-4H2;1-3H. The second-order valence-corrected chi connectivity index (χ2v) is 20.6. The molecule has 8 rings (SSSR count). The zero-order valence-electron chi connectivity index (χ0n) is 34.5. The lowest BCUT2D eigenvalue weighted by Gasteiger charge is -1.99. The van der Waals surface area contributed by atoms with Crippen LogP contribution in [0.3, 0.4) is 0 Å². The molecular weight excluding hydrogens is 1140 g/mol. The topological polar surface area (TPSA) is 175 Å². The number of aromatic nitrogens is 6. The molecule has 12 nitrogen and oxygen atoms in total. The van der Waals surface area contributed by atoms with E-state index in [-0.39, 0.29) is 32.8 Å². The van der Waals surface area contributed by atoms with Gasteiger partial charge in [-0.2, -0.15) is 12.6 Å².